The number of nitrogens with zero attached hydrogens (tertiary/aromatic N) is 3. The molecule has 23 heavy (non-hydrogen) atoms. The van der Waals surface area contributed by atoms with Crippen molar-refractivity contribution in [1.29, 1.82) is 0 Å². The second-order valence-corrected chi connectivity index (χ2v) is 5.26. The third kappa shape index (κ3) is 3.22. The minimum absolute atomic E-state index is 0.128. The highest BCUT2D eigenvalue weighted by atomic mass is 31.1. The molecule has 0 aliphatic heterocycles. The van der Waals surface area contributed by atoms with Crippen LogP contribution in [0.2, 0.25) is 0 Å². The molecule has 0 aliphatic carbocycles. The lowest BCUT2D eigenvalue weighted by Gasteiger charge is -2.16. The Labute approximate surface area is 135 Å². The van der Waals surface area contributed by atoms with E-state index in [1.165, 1.54) is 28.4 Å². The van der Waals surface area contributed by atoms with Crippen LogP contribution < -0.4 is 24.3 Å². The van der Waals surface area contributed by atoms with Gasteiger partial charge in [0.25, 0.3) is 0 Å². The van der Waals surface area contributed by atoms with Gasteiger partial charge in [-0.15, -0.1) is 4.98 Å². The molecule has 1 heterocycles. The van der Waals surface area contributed by atoms with Crippen molar-refractivity contribution in [3.05, 3.63) is 11.6 Å². The molecule has 0 saturated heterocycles. The molecular formula is C14H18N3O5P. The van der Waals surface area contributed by atoms with Crippen LogP contribution in [0.3, 0.4) is 0 Å². The average Bonchev–Trinajstić information content (AvgIpc) is 2.60. The van der Waals surface area contributed by atoms with E-state index in [1.54, 1.807) is 6.07 Å². The summed E-state index contributed by atoms with van der Waals surface area (Å²) < 4.78 is 32.4. The molecule has 0 spiro atoms. The summed E-state index contributed by atoms with van der Waals surface area (Å²) in [6.07, 6.45) is 0. The standard InChI is InChI=1S/C14H18N3O5P/c1-7-8(6-9(19-2)11(23-18)10(7)20-3)12-15-13(21-4)17-14(16-12)22-5/h6H,23H2,1-5H3. The van der Waals surface area contributed by atoms with Crippen LogP contribution in [0, 0.1) is 6.92 Å². The Balaban J connectivity index is 2.75. The molecule has 8 nitrogen and oxygen atoms in total. The van der Waals surface area contributed by atoms with Crippen LogP contribution in [-0.4, -0.2) is 43.4 Å². The Kier molecular flexibility index (Phi) is 5.39. The van der Waals surface area contributed by atoms with Crippen LogP contribution in [0.4, 0.5) is 0 Å². The molecule has 1 aromatic heterocycles. The van der Waals surface area contributed by atoms with Gasteiger partial charge in [-0.3, -0.25) is 0 Å². The molecule has 2 rings (SSSR count). The molecule has 0 aliphatic rings. The summed E-state index contributed by atoms with van der Waals surface area (Å²) in [5.41, 5.74) is 1.39. The van der Waals surface area contributed by atoms with Crippen molar-refractivity contribution in [3.63, 3.8) is 0 Å². The second kappa shape index (κ2) is 7.28. The first-order chi connectivity index (χ1) is 11.1. The predicted octanol–water partition coefficient (Wildman–Crippen LogP) is 1.26. The van der Waals surface area contributed by atoms with Gasteiger partial charge >= 0.3 is 12.0 Å². The van der Waals surface area contributed by atoms with Crippen molar-refractivity contribution >= 4 is 13.8 Å². The number of methoxy groups -OCH3 is 4. The summed E-state index contributed by atoms with van der Waals surface area (Å²) >= 11 is 0. The Morgan fingerprint density at radius 3 is 1.96 bits per heavy atom. The summed E-state index contributed by atoms with van der Waals surface area (Å²) in [7, 11) is 4.70. The third-order valence-electron chi connectivity index (χ3n) is 3.27. The summed E-state index contributed by atoms with van der Waals surface area (Å²) in [4.78, 5) is 12.4. The van der Waals surface area contributed by atoms with Crippen LogP contribution >= 0.6 is 8.46 Å². The van der Waals surface area contributed by atoms with Gasteiger partial charge in [0.2, 0.25) is 0 Å². The molecule has 0 bridgehead atoms. The maximum Gasteiger partial charge on any atom is 0.322 e. The molecule has 1 aromatic carbocycles. The molecule has 1 unspecified atom stereocenters. The van der Waals surface area contributed by atoms with Gasteiger partial charge in [0.05, 0.1) is 42.2 Å². The molecular weight excluding hydrogens is 321 g/mol. The molecule has 1 atom stereocenters. The number of ether oxygens (including phenoxy) is 4. The van der Waals surface area contributed by atoms with Gasteiger partial charge in [-0.25, -0.2) is 0 Å². The monoisotopic (exact) mass is 339 g/mol. The maximum absolute atomic E-state index is 11.5. The van der Waals surface area contributed by atoms with E-state index in [-0.39, 0.29) is 12.0 Å². The molecule has 124 valence electrons. The summed E-state index contributed by atoms with van der Waals surface area (Å²) in [5.74, 6) is 1.28. The van der Waals surface area contributed by atoms with E-state index in [4.69, 9.17) is 18.9 Å². The number of hydrogen-bond donors (Lipinski definition) is 0. The van der Waals surface area contributed by atoms with Crippen molar-refractivity contribution in [1.82, 2.24) is 15.0 Å². The van der Waals surface area contributed by atoms with Gasteiger partial charge in [0.15, 0.2) is 5.82 Å². The highest BCUT2D eigenvalue weighted by Crippen LogP contribution is 2.34. The fourth-order valence-corrected chi connectivity index (χ4v) is 2.93. The first-order valence-electron chi connectivity index (χ1n) is 6.64. The van der Waals surface area contributed by atoms with E-state index in [2.05, 4.69) is 15.0 Å². The zero-order chi connectivity index (χ0) is 17.0. The fourth-order valence-electron chi connectivity index (χ4n) is 2.17. The third-order valence-corrected chi connectivity index (χ3v) is 4.05. The van der Waals surface area contributed by atoms with Gasteiger partial charge in [-0.1, -0.05) is 0 Å². The molecule has 0 saturated carbocycles. The van der Waals surface area contributed by atoms with Gasteiger partial charge in [-0.05, 0) is 13.0 Å². The molecule has 0 amide bonds. The average molecular weight is 339 g/mol. The van der Waals surface area contributed by atoms with E-state index >= 15 is 0 Å². The zero-order valence-electron chi connectivity index (χ0n) is 13.5. The highest BCUT2D eigenvalue weighted by molar-refractivity contribution is 7.34. The molecule has 0 fully saturated rings. The van der Waals surface area contributed by atoms with Crippen molar-refractivity contribution in [2.45, 2.75) is 6.92 Å². The number of benzene rings is 1. The first-order valence-corrected chi connectivity index (χ1v) is 7.69. The van der Waals surface area contributed by atoms with Crippen LogP contribution in [0.1, 0.15) is 5.56 Å². The molecule has 2 aromatic rings. The molecule has 0 N–H and O–H groups in total. The zero-order valence-corrected chi connectivity index (χ0v) is 14.7. The Bertz CT molecular complexity index is 717. The fraction of sp³-hybridized carbons (Fsp3) is 0.357. The number of aromatic nitrogens is 3. The van der Waals surface area contributed by atoms with Crippen molar-refractivity contribution in [2.75, 3.05) is 28.4 Å². The molecule has 9 heteroatoms. The van der Waals surface area contributed by atoms with E-state index in [1.807, 2.05) is 6.92 Å². The topological polar surface area (TPSA) is 92.7 Å². The Morgan fingerprint density at radius 2 is 1.52 bits per heavy atom. The lowest BCUT2D eigenvalue weighted by Crippen LogP contribution is -2.09. The number of rotatable bonds is 6. The molecule has 0 radical (unpaired) electrons. The smallest absolute Gasteiger partial charge is 0.322 e. The van der Waals surface area contributed by atoms with Gasteiger partial charge < -0.3 is 23.5 Å². The van der Waals surface area contributed by atoms with Gasteiger partial charge in [0.1, 0.15) is 11.5 Å². The Hall–Kier alpha value is -2.34. The van der Waals surface area contributed by atoms with Crippen molar-refractivity contribution in [2.24, 2.45) is 0 Å². The normalized spacial score (nSPS) is 10.8. The summed E-state index contributed by atoms with van der Waals surface area (Å²) in [6, 6.07) is 1.97. The maximum atomic E-state index is 11.5. The van der Waals surface area contributed by atoms with Crippen LogP contribution in [0.5, 0.6) is 23.5 Å². The van der Waals surface area contributed by atoms with E-state index < -0.39 is 8.46 Å². The lowest BCUT2D eigenvalue weighted by molar-refractivity contribution is 0.341. The highest BCUT2D eigenvalue weighted by Gasteiger charge is 2.20. The predicted molar refractivity (Wildman–Crippen MR) is 86.2 cm³/mol. The lowest BCUT2D eigenvalue weighted by atomic mass is 10.1. The second-order valence-electron chi connectivity index (χ2n) is 4.45. The quantitative estimate of drug-likeness (QED) is 0.726. The summed E-state index contributed by atoms with van der Waals surface area (Å²) in [6.45, 7) is 1.83. The van der Waals surface area contributed by atoms with Crippen LogP contribution in [0.15, 0.2) is 6.07 Å². The van der Waals surface area contributed by atoms with E-state index in [9.17, 15) is 4.57 Å². The van der Waals surface area contributed by atoms with Crippen LogP contribution in [0.25, 0.3) is 11.4 Å². The minimum atomic E-state index is -1.22. The minimum Gasteiger partial charge on any atom is -0.496 e. The number of hydrogen-bond acceptors (Lipinski definition) is 8. The van der Waals surface area contributed by atoms with E-state index in [0.717, 1.165) is 5.56 Å². The Morgan fingerprint density at radius 1 is 0.913 bits per heavy atom. The van der Waals surface area contributed by atoms with Crippen LogP contribution in [-0.2, 0) is 4.57 Å². The largest absolute Gasteiger partial charge is 0.496 e. The van der Waals surface area contributed by atoms with Gasteiger partial charge in [-0.2, -0.15) is 9.97 Å². The van der Waals surface area contributed by atoms with Crippen molar-refractivity contribution in [3.8, 4) is 34.9 Å². The first kappa shape index (κ1) is 17.0. The summed E-state index contributed by atoms with van der Waals surface area (Å²) in [5, 5.41) is 0.532. The van der Waals surface area contributed by atoms with E-state index in [0.29, 0.717) is 28.2 Å². The van der Waals surface area contributed by atoms with Crippen molar-refractivity contribution < 1.29 is 23.5 Å². The SMILES string of the molecule is COc1nc(OC)nc(-c2cc(OC)c([PH2]=O)c(OC)c2C)n1. The van der Waals surface area contributed by atoms with Gasteiger partial charge in [0, 0.05) is 11.1 Å².